The van der Waals surface area contributed by atoms with Crippen molar-refractivity contribution in [1.82, 2.24) is 14.8 Å². The quantitative estimate of drug-likeness (QED) is 0.668. The van der Waals surface area contributed by atoms with E-state index in [0.717, 1.165) is 50.0 Å². The summed E-state index contributed by atoms with van der Waals surface area (Å²) in [7, 11) is 3.97. The SMILES string of the molecule is CN(C)c1cc([C@H]2CCCN2C(=O)C2(C)CCN(C(=O)CCc3ccccc3)CC2)ccn1. The maximum Gasteiger partial charge on any atom is 0.229 e. The Balaban J connectivity index is 1.36. The van der Waals surface area contributed by atoms with E-state index in [2.05, 4.69) is 35.0 Å². The first kappa shape index (κ1) is 23.3. The van der Waals surface area contributed by atoms with Crippen LogP contribution in [0.25, 0.3) is 0 Å². The fourth-order valence-corrected chi connectivity index (χ4v) is 5.11. The number of hydrogen-bond donors (Lipinski definition) is 0. The Morgan fingerprint density at radius 3 is 2.52 bits per heavy atom. The topological polar surface area (TPSA) is 56.8 Å². The fraction of sp³-hybridized carbons (Fsp3) is 0.519. The number of carbonyl (C=O) groups is 2. The molecule has 0 unspecified atom stereocenters. The molecule has 33 heavy (non-hydrogen) atoms. The smallest absolute Gasteiger partial charge is 0.229 e. The zero-order valence-electron chi connectivity index (χ0n) is 20.2. The van der Waals surface area contributed by atoms with Gasteiger partial charge < -0.3 is 14.7 Å². The van der Waals surface area contributed by atoms with Crippen LogP contribution in [0.2, 0.25) is 0 Å². The number of amides is 2. The van der Waals surface area contributed by atoms with Gasteiger partial charge in [-0.15, -0.1) is 0 Å². The molecule has 176 valence electrons. The Bertz CT molecular complexity index is 967. The number of likely N-dealkylation sites (tertiary alicyclic amines) is 2. The van der Waals surface area contributed by atoms with E-state index in [4.69, 9.17) is 0 Å². The van der Waals surface area contributed by atoms with Gasteiger partial charge in [-0.05, 0) is 55.4 Å². The van der Waals surface area contributed by atoms with Crippen LogP contribution < -0.4 is 4.90 Å². The number of pyridine rings is 1. The standard InChI is InChI=1S/C27H36N4O2/c1-27(14-18-30(19-15-27)25(32)12-11-21-8-5-4-6-9-21)26(33)31-17-7-10-23(31)22-13-16-28-24(20-22)29(2)3/h4-6,8-9,13,16,20,23H,7,10-12,14-15,17-19H2,1-3H3/t23-/m1/s1. The first-order chi connectivity index (χ1) is 15.9. The molecular formula is C27H36N4O2. The summed E-state index contributed by atoms with van der Waals surface area (Å²) < 4.78 is 0. The normalized spacial score (nSPS) is 20.0. The summed E-state index contributed by atoms with van der Waals surface area (Å²) in [6.45, 7) is 4.22. The lowest BCUT2D eigenvalue weighted by atomic mass is 9.78. The van der Waals surface area contributed by atoms with Crippen molar-refractivity contribution in [3.05, 3.63) is 59.8 Å². The van der Waals surface area contributed by atoms with E-state index in [-0.39, 0.29) is 17.9 Å². The molecule has 2 aliphatic heterocycles. The highest BCUT2D eigenvalue weighted by atomic mass is 16.2. The molecule has 0 aliphatic carbocycles. The molecule has 0 saturated carbocycles. The van der Waals surface area contributed by atoms with Crippen molar-refractivity contribution in [1.29, 1.82) is 0 Å². The second kappa shape index (κ2) is 9.94. The highest BCUT2D eigenvalue weighted by molar-refractivity contribution is 5.84. The Morgan fingerprint density at radius 2 is 1.82 bits per heavy atom. The molecule has 0 radical (unpaired) electrons. The van der Waals surface area contributed by atoms with E-state index in [9.17, 15) is 9.59 Å². The summed E-state index contributed by atoms with van der Waals surface area (Å²) in [6, 6.07) is 14.4. The van der Waals surface area contributed by atoms with Gasteiger partial charge >= 0.3 is 0 Å². The van der Waals surface area contributed by atoms with E-state index < -0.39 is 5.41 Å². The van der Waals surface area contributed by atoms with Crippen LogP contribution in [0.3, 0.4) is 0 Å². The van der Waals surface area contributed by atoms with Crippen molar-refractivity contribution in [3.8, 4) is 0 Å². The van der Waals surface area contributed by atoms with Gasteiger partial charge in [-0.25, -0.2) is 4.98 Å². The zero-order chi connectivity index (χ0) is 23.4. The van der Waals surface area contributed by atoms with Gasteiger partial charge in [-0.1, -0.05) is 37.3 Å². The zero-order valence-corrected chi connectivity index (χ0v) is 20.2. The third kappa shape index (κ3) is 5.21. The van der Waals surface area contributed by atoms with E-state index in [1.54, 1.807) is 0 Å². The minimum Gasteiger partial charge on any atom is -0.363 e. The van der Waals surface area contributed by atoms with E-state index >= 15 is 0 Å². The first-order valence-electron chi connectivity index (χ1n) is 12.1. The minimum absolute atomic E-state index is 0.113. The van der Waals surface area contributed by atoms with E-state index in [1.807, 2.05) is 54.4 Å². The average molecular weight is 449 g/mol. The lowest BCUT2D eigenvalue weighted by molar-refractivity contribution is -0.148. The molecule has 0 spiro atoms. The highest BCUT2D eigenvalue weighted by Crippen LogP contribution is 2.40. The molecule has 1 atom stereocenters. The summed E-state index contributed by atoms with van der Waals surface area (Å²) in [5.41, 5.74) is 1.95. The molecule has 1 aromatic heterocycles. The van der Waals surface area contributed by atoms with Gasteiger partial charge in [-0.2, -0.15) is 0 Å². The molecule has 2 amide bonds. The van der Waals surface area contributed by atoms with Gasteiger partial charge in [0.1, 0.15) is 5.82 Å². The van der Waals surface area contributed by atoms with Gasteiger partial charge in [0.05, 0.1) is 6.04 Å². The molecule has 3 heterocycles. The lowest BCUT2D eigenvalue weighted by Crippen LogP contribution is -2.50. The highest BCUT2D eigenvalue weighted by Gasteiger charge is 2.43. The maximum atomic E-state index is 13.7. The van der Waals surface area contributed by atoms with Gasteiger partial charge in [0.25, 0.3) is 0 Å². The third-order valence-corrected chi connectivity index (χ3v) is 7.33. The molecule has 2 aromatic rings. The summed E-state index contributed by atoms with van der Waals surface area (Å²) in [4.78, 5) is 36.9. The van der Waals surface area contributed by atoms with Crippen molar-refractivity contribution in [2.75, 3.05) is 38.6 Å². The maximum absolute atomic E-state index is 13.7. The summed E-state index contributed by atoms with van der Waals surface area (Å²) in [6.07, 6.45) is 6.60. The second-order valence-electron chi connectivity index (χ2n) is 9.93. The van der Waals surface area contributed by atoms with Crippen molar-refractivity contribution < 1.29 is 9.59 Å². The molecule has 2 fully saturated rings. The van der Waals surface area contributed by atoms with Crippen molar-refractivity contribution in [2.24, 2.45) is 5.41 Å². The van der Waals surface area contributed by atoms with Gasteiger partial charge in [0.2, 0.25) is 11.8 Å². The number of nitrogens with zero attached hydrogens (tertiary/aromatic N) is 4. The van der Waals surface area contributed by atoms with Crippen LogP contribution in [0.15, 0.2) is 48.7 Å². The van der Waals surface area contributed by atoms with Crippen LogP contribution in [0.1, 0.15) is 56.2 Å². The van der Waals surface area contributed by atoms with Gasteiger partial charge in [-0.3, -0.25) is 9.59 Å². The summed E-state index contributed by atoms with van der Waals surface area (Å²) in [5.74, 6) is 1.35. The minimum atomic E-state index is -0.407. The molecule has 0 bridgehead atoms. The first-order valence-corrected chi connectivity index (χ1v) is 12.1. The largest absolute Gasteiger partial charge is 0.363 e. The second-order valence-corrected chi connectivity index (χ2v) is 9.93. The Morgan fingerprint density at radius 1 is 1.09 bits per heavy atom. The van der Waals surface area contributed by atoms with E-state index in [0.29, 0.717) is 19.5 Å². The van der Waals surface area contributed by atoms with Gasteiger partial charge in [0.15, 0.2) is 0 Å². The number of carbonyl (C=O) groups excluding carboxylic acids is 2. The number of benzene rings is 1. The number of rotatable bonds is 6. The van der Waals surface area contributed by atoms with Crippen molar-refractivity contribution >= 4 is 17.6 Å². The molecule has 4 rings (SSSR count). The molecule has 2 saturated heterocycles. The number of piperidine rings is 1. The Hall–Kier alpha value is -2.89. The van der Waals surface area contributed by atoms with E-state index in [1.165, 1.54) is 5.56 Å². The Labute approximate surface area is 197 Å². The van der Waals surface area contributed by atoms with Crippen LogP contribution in [0.5, 0.6) is 0 Å². The molecule has 6 nitrogen and oxygen atoms in total. The van der Waals surface area contributed by atoms with Crippen LogP contribution in [-0.2, 0) is 16.0 Å². The molecular weight excluding hydrogens is 412 g/mol. The van der Waals surface area contributed by atoms with Crippen LogP contribution in [0.4, 0.5) is 5.82 Å². The molecule has 2 aliphatic rings. The summed E-state index contributed by atoms with van der Waals surface area (Å²) in [5, 5.41) is 0. The monoisotopic (exact) mass is 448 g/mol. The van der Waals surface area contributed by atoms with Crippen LogP contribution >= 0.6 is 0 Å². The lowest BCUT2D eigenvalue weighted by Gasteiger charge is -2.41. The number of anilines is 1. The predicted molar refractivity (Wildman–Crippen MR) is 131 cm³/mol. The number of aromatic nitrogens is 1. The molecule has 1 aromatic carbocycles. The summed E-state index contributed by atoms with van der Waals surface area (Å²) >= 11 is 0. The van der Waals surface area contributed by atoms with Crippen LogP contribution in [-0.4, -0.2) is 60.3 Å². The van der Waals surface area contributed by atoms with Crippen molar-refractivity contribution in [2.45, 2.75) is 51.5 Å². The molecule has 6 heteroatoms. The number of hydrogen-bond acceptors (Lipinski definition) is 4. The Kier molecular flexibility index (Phi) is 7.01. The third-order valence-electron chi connectivity index (χ3n) is 7.33. The molecule has 0 N–H and O–H groups in total. The number of aryl methyl sites for hydroxylation is 1. The predicted octanol–water partition coefficient (Wildman–Crippen LogP) is 4.07. The average Bonchev–Trinajstić information content (AvgIpc) is 3.33. The van der Waals surface area contributed by atoms with Gasteiger partial charge in [0, 0.05) is 51.8 Å². The van der Waals surface area contributed by atoms with Crippen LogP contribution in [0, 0.1) is 5.41 Å². The fourth-order valence-electron chi connectivity index (χ4n) is 5.11. The van der Waals surface area contributed by atoms with Crippen molar-refractivity contribution in [3.63, 3.8) is 0 Å².